The molecule has 0 bridgehead atoms. The van der Waals surface area contributed by atoms with E-state index in [-0.39, 0.29) is 19.3 Å². The van der Waals surface area contributed by atoms with Crippen LogP contribution in [0.25, 0.3) is 0 Å². The summed E-state index contributed by atoms with van der Waals surface area (Å²) in [5, 5.41) is 20.6. The van der Waals surface area contributed by atoms with E-state index in [0.717, 1.165) is 154 Å². The Morgan fingerprint density at radius 1 is 0.312 bits per heavy atom. The minimum absolute atomic E-state index is 0.0708. The highest BCUT2D eigenvalue weighted by Crippen LogP contribution is 2.45. The lowest BCUT2D eigenvalue weighted by molar-refractivity contribution is -0.161. The molecule has 5 unspecified atom stereocenters. The normalized spacial score (nSPS) is 15.1. The first-order valence-corrected chi connectivity index (χ1v) is 37.8. The Hall–Kier alpha value is -4.83. The molecule has 528 valence electrons. The smallest absolute Gasteiger partial charge is 0.463 e. The topological polar surface area (TPSA) is 231 Å². The number of phosphoric ester groups is 2. The Labute approximate surface area is 561 Å². The number of hydrogen-bond donors (Lipinski definition) is 4. The monoisotopic (exact) mass is 1340 g/mol. The second kappa shape index (κ2) is 67.2. The quantitative estimate of drug-likeness (QED) is 0.0146. The van der Waals surface area contributed by atoms with E-state index in [0.29, 0.717) is 25.7 Å². The molecular formula is C75H122O16P2. The van der Waals surface area contributed by atoms with Crippen LogP contribution in [-0.2, 0) is 55.8 Å². The Morgan fingerprint density at radius 3 is 0.946 bits per heavy atom. The third-order valence-electron chi connectivity index (χ3n) is 13.7. The average molecular weight is 1340 g/mol. The minimum Gasteiger partial charge on any atom is -0.463 e. The van der Waals surface area contributed by atoms with Gasteiger partial charge in [0.15, 0.2) is 6.10 Å². The highest BCUT2D eigenvalue weighted by atomic mass is 31.2. The molecule has 0 aliphatic carbocycles. The first-order valence-electron chi connectivity index (χ1n) is 34.8. The first kappa shape index (κ1) is 88.2. The van der Waals surface area contributed by atoms with E-state index in [2.05, 4.69) is 167 Å². The van der Waals surface area contributed by atoms with Gasteiger partial charge in [-0.25, -0.2) is 9.13 Å². The number of aliphatic hydroxyl groups is 2. The molecule has 18 heteroatoms. The SMILES string of the molecule is CC/C=C\C/C=C\C/C=C\C/C=C\C/C=C\C/C=C\CCCCCCCCCCC(=O)OCC(O)COP(=O)(O)OCC(O)COP(=O)(O)OCC(COC(=O)CCC/C=C\C/C=C\C/C=C\C/C=C\C/C=C\CC)OC(=O)CCCCCCC/C=C\C/C=C\CCC. The molecule has 5 atom stereocenters. The Morgan fingerprint density at radius 2 is 0.581 bits per heavy atom. The van der Waals surface area contributed by atoms with Gasteiger partial charge in [-0.2, -0.15) is 0 Å². The number of phosphoric acid groups is 2. The summed E-state index contributed by atoms with van der Waals surface area (Å²) >= 11 is 0. The van der Waals surface area contributed by atoms with Gasteiger partial charge in [-0.05, 0) is 135 Å². The number of rotatable bonds is 64. The fourth-order valence-electron chi connectivity index (χ4n) is 8.47. The van der Waals surface area contributed by atoms with Gasteiger partial charge in [0, 0.05) is 19.3 Å². The van der Waals surface area contributed by atoms with Crippen molar-refractivity contribution in [2.75, 3.05) is 39.6 Å². The molecule has 0 aromatic heterocycles. The molecule has 0 aliphatic rings. The van der Waals surface area contributed by atoms with E-state index < -0.39 is 91.5 Å². The maximum Gasteiger partial charge on any atom is 0.472 e. The Kier molecular flexibility index (Phi) is 63.7. The third-order valence-corrected chi connectivity index (χ3v) is 15.6. The highest BCUT2D eigenvalue weighted by molar-refractivity contribution is 7.47. The van der Waals surface area contributed by atoms with Gasteiger partial charge in [0.2, 0.25) is 0 Å². The van der Waals surface area contributed by atoms with Crippen molar-refractivity contribution in [1.29, 1.82) is 0 Å². The predicted octanol–water partition coefficient (Wildman–Crippen LogP) is 19.5. The zero-order valence-corrected chi connectivity index (χ0v) is 58.9. The van der Waals surface area contributed by atoms with Crippen LogP contribution in [0, 0.1) is 0 Å². The van der Waals surface area contributed by atoms with Crippen LogP contribution in [0.5, 0.6) is 0 Å². The molecule has 0 radical (unpaired) electrons. The molecular weight excluding hydrogens is 1220 g/mol. The predicted molar refractivity (Wildman–Crippen MR) is 380 cm³/mol. The summed E-state index contributed by atoms with van der Waals surface area (Å²) in [5.74, 6) is -1.68. The molecule has 0 aliphatic heterocycles. The summed E-state index contributed by atoms with van der Waals surface area (Å²) < 4.78 is 60.8. The van der Waals surface area contributed by atoms with Crippen molar-refractivity contribution in [1.82, 2.24) is 0 Å². The van der Waals surface area contributed by atoms with Crippen molar-refractivity contribution >= 4 is 33.6 Å². The minimum atomic E-state index is -4.94. The largest absolute Gasteiger partial charge is 0.472 e. The van der Waals surface area contributed by atoms with Gasteiger partial charge in [-0.1, -0.05) is 243 Å². The van der Waals surface area contributed by atoms with E-state index in [9.17, 15) is 43.5 Å². The van der Waals surface area contributed by atoms with Crippen molar-refractivity contribution in [2.45, 2.75) is 257 Å². The number of allylic oxidation sites excluding steroid dienone is 26. The summed E-state index contributed by atoms with van der Waals surface area (Å²) in [6, 6.07) is 0. The Bertz CT molecular complexity index is 2320. The van der Waals surface area contributed by atoms with Crippen LogP contribution in [0.3, 0.4) is 0 Å². The third kappa shape index (κ3) is 68.4. The summed E-state index contributed by atoms with van der Waals surface area (Å²) in [7, 11) is -9.81. The van der Waals surface area contributed by atoms with Crippen molar-refractivity contribution < 1.29 is 75.8 Å². The molecule has 0 rings (SSSR count). The number of esters is 3. The number of ether oxygens (including phenoxy) is 3. The van der Waals surface area contributed by atoms with Crippen molar-refractivity contribution in [2.24, 2.45) is 0 Å². The number of aliphatic hydroxyl groups excluding tert-OH is 2. The first-order chi connectivity index (χ1) is 45.2. The second-order valence-corrected chi connectivity index (χ2v) is 25.5. The van der Waals surface area contributed by atoms with Crippen LogP contribution in [0.4, 0.5) is 0 Å². The summed E-state index contributed by atoms with van der Waals surface area (Å²) in [6.07, 6.45) is 81.7. The molecule has 0 spiro atoms. The maximum atomic E-state index is 12.9. The summed E-state index contributed by atoms with van der Waals surface area (Å²) in [6.45, 7) is 2.25. The fraction of sp³-hybridized carbons (Fsp3) is 0.613. The number of carbonyl (C=O) groups is 3. The van der Waals surface area contributed by atoms with Crippen LogP contribution < -0.4 is 0 Å². The van der Waals surface area contributed by atoms with Crippen LogP contribution >= 0.6 is 15.6 Å². The highest BCUT2D eigenvalue weighted by Gasteiger charge is 2.29. The molecule has 0 aromatic carbocycles. The van der Waals surface area contributed by atoms with Crippen molar-refractivity contribution in [3.05, 3.63) is 158 Å². The van der Waals surface area contributed by atoms with Gasteiger partial charge in [0.1, 0.15) is 25.4 Å². The van der Waals surface area contributed by atoms with Crippen molar-refractivity contribution in [3.63, 3.8) is 0 Å². The molecule has 16 nitrogen and oxygen atoms in total. The molecule has 0 fully saturated rings. The van der Waals surface area contributed by atoms with Gasteiger partial charge in [-0.3, -0.25) is 32.5 Å². The van der Waals surface area contributed by atoms with Gasteiger partial charge in [0.25, 0.3) is 0 Å². The molecule has 0 heterocycles. The number of unbranched alkanes of at least 4 members (excludes halogenated alkanes) is 15. The maximum absolute atomic E-state index is 12.9. The second-order valence-electron chi connectivity index (χ2n) is 22.6. The number of carbonyl (C=O) groups excluding carboxylic acids is 3. The van der Waals surface area contributed by atoms with Gasteiger partial charge in [-0.15, -0.1) is 0 Å². The standard InChI is InChI=1S/C75H122O16P2/c1-4-7-10-13-16-19-22-25-27-29-30-31-32-33-34-35-36-37-38-40-42-44-46-49-52-55-58-61-73(78)85-64-70(76)65-87-92(81,82)88-66-71(77)67-89-93(83,84)90-69-72(91-75(80)63-60-57-54-51-48-43-24-21-18-15-12-9-6-3)68-86-74(79)62-59-56-53-50-47-45-41-39-28-26-23-20-17-14-11-8-5-2/h7-8,10-12,15-17,19-21,24-28,30-31,33-34,36-37,41,45,50,53,70-72,76-77H,4-6,9,13-14,18,22-23,29,32,35,38-40,42-44,46-49,51-52,54-69H2,1-3H3,(H,81,82)(H,83,84)/b10-7-,11-8-,15-12-,19-16-,20-17-,24-21-,27-25-,28-26-,31-30-,34-33-,37-36-,45-41-,53-50-. The van der Waals surface area contributed by atoms with E-state index in [1.165, 1.54) is 19.3 Å². The molecule has 93 heavy (non-hydrogen) atoms. The summed E-state index contributed by atoms with van der Waals surface area (Å²) in [5.41, 5.74) is 0. The zero-order valence-electron chi connectivity index (χ0n) is 57.1. The Balaban J connectivity index is 4.60. The van der Waals surface area contributed by atoms with E-state index in [1.807, 2.05) is 12.2 Å². The van der Waals surface area contributed by atoms with Gasteiger partial charge < -0.3 is 34.2 Å². The van der Waals surface area contributed by atoms with Gasteiger partial charge in [0.05, 0.1) is 26.4 Å². The fourth-order valence-corrected chi connectivity index (χ4v) is 10.1. The van der Waals surface area contributed by atoms with Crippen LogP contribution in [0.2, 0.25) is 0 Å². The average Bonchev–Trinajstić information content (AvgIpc) is 2.77. The lowest BCUT2D eigenvalue weighted by Crippen LogP contribution is -2.30. The van der Waals surface area contributed by atoms with E-state index in [1.54, 1.807) is 0 Å². The van der Waals surface area contributed by atoms with Gasteiger partial charge >= 0.3 is 33.6 Å². The lowest BCUT2D eigenvalue weighted by Gasteiger charge is -2.21. The number of hydrogen-bond acceptors (Lipinski definition) is 14. The molecule has 0 saturated heterocycles. The van der Waals surface area contributed by atoms with E-state index >= 15 is 0 Å². The van der Waals surface area contributed by atoms with Crippen LogP contribution in [0.1, 0.15) is 239 Å². The van der Waals surface area contributed by atoms with Crippen LogP contribution in [0.15, 0.2) is 158 Å². The zero-order chi connectivity index (χ0) is 68.1. The molecule has 0 aromatic rings. The molecule has 0 saturated carbocycles. The summed E-state index contributed by atoms with van der Waals surface area (Å²) in [4.78, 5) is 58.3. The molecule has 0 amide bonds. The van der Waals surface area contributed by atoms with Crippen LogP contribution in [-0.4, -0.2) is 95.9 Å². The van der Waals surface area contributed by atoms with Crippen molar-refractivity contribution in [3.8, 4) is 0 Å². The molecule has 4 N–H and O–H groups in total. The lowest BCUT2D eigenvalue weighted by atomic mass is 10.1. The van der Waals surface area contributed by atoms with E-state index in [4.69, 9.17) is 32.3 Å².